The number of ether oxygens (including phenoxy) is 1. The summed E-state index contributed by atoms with van der Waals surface area (Å²) in [6, 6.07) is 8.27. The molecule has 4 heteroatoms. The lowest BCUT2D eigenvalue weighted by Crippen LogP contribution is -2.15. The summed E-state index contributed by atoms with van der Waals surface area (Å²) in [6.45, 7) is 5.69. The first-order valence-corrected chi connectivity index (χ1v) is 7.26. The largest absolute Gasteiger partial charge is 0.494 e. The van der Waals surface area contributed by atoms with Crippen molar-refractivity contribution in [3.8, 4) is 5.75 Å². The normalized spacial score (nSPS) is 10.7. The molecule has 0 bridgehead atoms. The average Bonchev–Trinajstić information content (AvgIpc) is 2.97. The van der Waals surface area contributed by atoms with Crippen molar-refractivity contribution in [3.63, 3.8) is 0 Å². The van der Waals surface area contributed by atoms with Crippen LogP contribution in [0.5, 0.6) is 5.75 Å². The Bertz CT molecular complexity index is 482. The van der Waals surface area contributed by atoms with E-state index < -0.39 is 0 Å². The second kappa shape index (κ2) is 8.38. The molecule has 0 aliphatic heterocycles. The molecule has 0 fully saturated rings. The molecule has 0 saturated carbocycles. The van der Waals surface area contributed by atoms with Gasteiger partial charge in [0.1, 0.15) is 5.75 Å². The summed E-state index contributed by atoms with van der Waals surface area (Å²) < 4.78 is 7.61. The highest BCUT2D eigenvalue weighted by Gasteiger charge is 1.96. The van der Waals surface area contributed by atoms with Crippen LogP contribution in [0.25, 0.3) is 0 Å². The molecule has 1 N–H and O–H groups in total. The molecule has 0 spiro atoms. The number of unbranched alkanes of at least 4 members (excludes halogenated alkanes) is 1. The number of hydrogen-bond acceptors (Lipinski definition) is 3. The van der Waals surface area contributed by atoms with Gasteiger partial charge in [-0.25, -0.2) is 4.98 Å². The standard InChI is InChI=1S/C16H23N3O/c1-2-20-16-7-5-6-15(12-16)13-17-8-3-4-10-19-11-9-18-14-19/h5-7,9,11-12,14,17H,2-4,8,10,13H2,1H3. The molecule has 1 aromatic carbocycles. The Labute approximate surface area is 120 Å². The summed E-state index contributed by atoms with van der Waals surface area (Å²) >= 11 is 0. The van der Waals surface area contributed by atoms with Crippen LogP contribution in [0.3, 0.4) is 0 Å². The van der Waals surface area contributed by atoms with E-state index in [9.17, 15) is 0 Å². The van der Waals surface area contributed by atoms with Gasteiger partial charge >= 0.3 is 0 Å². The Balaban J connectivity index is 1.59. The minimum absolute atomic E-state index is 0.713. The van der Waals surface area contributed by atoms with Crippen LogP contribution in [0.1, 0.15) is 25.3 Å². The van der Waals surface area contributed by atoms with Gasteiger partial charge < -0.3 is 14.6 Å². The third kappa shape index (κ3) is 5.05. The van der Waals surface area contributed by atoms with Crippen LogP contribution < -0.4 is 10.1 Å². The van der Waals surface area contributed by atoms with E-state index in [0.29, 0.717) is 6.61 Å². The van der Waals surface area contributed by atoms with Crippen molar-refractivity contribution >= 4 is 0 Å². The molecule has 2 rings (SSSR count). The average molecular weight is 273 g/mol. The number of nitrogens with one attached hydrogen (secondary N) is 1. The van der Waals surface area contributed by atoms with E-state index in [4.69, 9.17) is 4.74 Å². The summed E-state index contributed by atoms with van der Waals surface area (Å²) in [5, 5.41) is 3.47. The number of imidazole rings is 1. The predicted molar refractivity (Wildman–Crippen MR) is 80.8 cm³/mol. The highest BCUT2D eigenvalue weighted by molar-refractivity contribution is 5.28. The highest BCUT2D eigenvalue weighted by atomic mass is 16.5. The van der Waals surface area contributed by atoms with Gasteiger partial charge in [0.2, 0.25) is 0 Å². The van der Waals surface area contributed by atoms with E-state index in [2.05, 4.69) is 27.0 Å². The minimum Gasteiger partial charge on any atom is -0.494 e. The molecule has 1 aromatic heterocycles. The minimum atomic E-state index is 0.713. The van der Waals surface area contributed by atoms with Gasteiger partial charge in [-0.05, 0) is 44.0 Å². The maximum absolute atomic E-state index is 5.50. The Hall–Kier alpha value is -1.81. The number of nitrogens with zero attached hydrogens (tertiary/aromatic N) is 2. The van der Waals surface area contributed by atoms with E-state index in [1.54, 1.807) is 0 Å². The second-order valence-corrected chi connectivity index (χ2v) is 4.76. The van der Waals surface area contributed by atoms with Gasteiger partial charge in [-0.1, -0.05) is 12.1 Å². The third-order valence-electron chi connectivity index (χ3n) is 3.12. The highest BCUT2D eigenvalue weighted by Crippen LogP contribution is 2.12. The van der Waals surface area contributed by atoms with Gasteiger partial charge in [0.15, 0.2) is 0 Å². The Morgan fingerprint density at radius 2 is 2.25 bits per heavy atom. The van der Waals surface area contributed by atoms with Gasteiger partial charge in [-0.3, -0.25) is 0 Å². The summed E-state index contributed by atoms with van der Waals surface area (Å²) in [4.78, 5) is 4.04. The summed E-state index contributed by atoms with van der Waals surface area (Å²) in [5.41, 5.74) is 1.27. The second-order valence-electron chi connectivity index (χ2n) is 4.76. The first-order chi connectivity index (χ1) is 9.88. The summed E-state index contributed by atoms with van der Waals surface area (Å²) in [6.07, 6.45) is 8.04. The first-order valence-electron chi connectivity index (χ1n) is 7.26. The van der Waals surface area contributed by atoms with Crippen LogP contribution >= 0.6 is 0 Å². The topological polar surface area (TPSA) is 39.1 Å². The predicted octanol–water partition coefficient (Wildman–Crippen LogP) is 2.85. The molecular weight excluding hydrogens is 250 g/mol. The number of rotatable bonds is 9. The smallest absolute Gasteiger partial charge is 0.119 e. The van der Waals surface area contributed by atoms with Crippen molar-refractivity contribution in [2.24, 2.45) is 0 Å². The van der Waals surface area contributed by atoms with Gasteiger partial charge in [0.25, 0.3) is 0 Å². The van der Waals surface area contributed by atoms with E-state index in [-0.39, 0.29) is 0 Å². The molecule has 108 valence electrons. The molecule has 0 atom stereocenters. The number of aromatic nitrogens is 2. The monoisotopic (exact) mass is 273 g/mol. The fourth-order valence-electron chi connectivity index (χ4n) is 2.11. The van der Waals surface area contributed by atoms with Crippen LogP contribution in [0.2, 0.25) is 0 Å². The molecule has 0 aliphatic rings. The molecule has 0 aliphatic carbocycles. The SMILES string of the molecule is CCOc1cccc(CNCCCCn2ccnc2)c1. The van der Waals surface area contributed by atoms with Crippen molar-refractivity contribution in [3.05, 3.63) is 48.5 Å². The van der Waals surface area contributed by atoms with Crippen LogP contribution in [0, 0.1) is 0 Å². The van der Waals surface area contributed by atoms with Crippen molar-refractivity contribution in [1.82, 2.24) is 14.9 Å². The molecule has 0 saturated heterocycles. The molecule has 20 heavy (non-hydrogen) atoms. The van der Waals surface area contributed by atoms with Gasteiger partial charge in [-0.2, -0.15) is 0 Å². The number of hydrogen-bond donors (Lipinski definition) is 1. The Morgan fingerprint density at radius 1 is 1.30 bits per heavy atom. The van der Waals surface area contributed by atoms with E-state index >= 15 is 0 Å². The van der Waals surface area contributed by atoms with E-state index in [1.165, 1.54) is 18.4 Å². The van der Waals surface area contributed by atoms with Crippen LogP contribution in [-0.4, -0.2) is 22.7 Å². The summed E-state index contributed by atoms with van der Waals surface area (Å²) in [7, 11) is 0. The Kier molecular flexibility index (Phi) is 6.11. The number of benzene rings is 1. The molecule has 0 unspecified atom stereocenters. The molecular formula is C16H23N3O. The van der Waals surface area contributed by atoms with Crippen LogP contribution in [-0.2, 0) is 13.1 Å². The molecule has 0 radical (unpaired) electrons. The van der Waals surface area contributed by atoms with E-state index in [1.807, 2.05) is 37.8 Å². The van der Waals surface area contributed by atoms with Crippen molar-refractivity contribution in [1.29, 1.82) is 0 Å². The van der Waals surface area contributed by atoms with Gasteiger partial charge in [-0.15, -0.1) is 0 Å². The molecule has 2 aromatic rings. The zero-order valence-electron chi connectivity index (χ0n) is 12.1. The van der Waals surface area contributed by atoms with Crippen molar-refractivity contribution in [2.45, 2.75) is 32.9 Å². The Morgan fingerprint density at radius 3 is 3.05 bits per heavy atom. The van der Waals surface area contributed by atoms with E-state index in [0.717, 1.165) is 25.4 Å². The fraction of sp³-hybridized carbons (Fsp3) is 0.438. The van der Waals surface area contributed by atoms with Crippen molar-refractivity contribution in [2.75, 3.05) is 13.2 Å². The fourth-order valence-corrected chi connectivity index (χ4v) is 2.11. The quantitative estimate of drug-likeness (QED) is 0.714. The lowest BCUT2D eigenvalue weighted by Gasteiger charge is -2.08. The lowest BCUT2D eigenvalue weighted by atomic mass is 10.2. The zero-order valence-corrected chi connectivity index (χ0v) is 12.1. The first kappa shape index (κ1) is 14.6. The molecule has 0 amide bonds. The lowest BCUT2D eigenvalue weighted by molar-refractivity contribution is 0.340. The third-order valence-corrected chi connectivity index (χ3v) is 3.12. The van der Waals surface area contributed by atoms with Crippen LogP contribution in [0.15, 0.2) is 43.0 Å². The van der Waals surface area contributed by atoms with Crippen LogP contribution in [0.4, 0.5) is 0 Å². The summed E-state index contributed by atoms with van der Waals surface area (Å²) in [5.74, 6) is 0.951. The zero-order chi connectivity index (χ0) is 14.0. The molecule has 1 heterocycles. The maximum Gasteiger partial charge on any atom is 0.119 e. The van der Waals surface area contributed by atoms with Gasteiger partial charge in [0, 0.05) is 25.5 Å². The van der Waals surface area contributed by atoms with Crippen molar-refractivity contribution < 1.29 is 4.74 Å². The maximum atomic E-state index is 5.50. The number of aryl methyl sites for hydroxylation is 1. The van der Waals surface area contributed by atoms with Gasteiger partial charge in [0.05, 0.1) is 12.9 Å². The molecule has 4 nitrogen and oxygen atoms in total.